The molecule has 1 N–H and O–H groups in total. The van der Waals surface area contributed by atoms with Crippen LogP contribution in [-0.4, -0.2) is 16.1 Å². The summed E-state index contributed by atoms with van der Waals surface area (Å²) in [6, 6.07) is 8.87. The van der Waals surface area contributed by atoms with Crippen LogP contribution in [0.3, 0.4) is 0 Å². The predicted octanol–water partition coefficient (Wildman–Crippen LogP) is 5.25. The fourth-order valence-corrected chi connectivity index (χ4v) is 5.96. The second-order valence-electron chi connectivity index (χ2n) is 8.44. The molecule has 0 spiro atoms. The van der Waals surface area contributed by atoms with Crippen molar-refractivity contribution in [1.82, 2.24) is 4.98 Å². The zero-order chi connectivity index (χ0) is 18.5. The Morgan fingerprint density at radius 2 is 1.67 bits per heavy atom. The maximum atomic E-state index is 14.0. The Morgan fingerprint density at radius 3 is 2.22 bits per heavy atom. The molecule has 0 atom stereocenters. The van der Waals surface area contributed by atoms with E-state index in [1.165, 1.54) is 37.7 Å². The van der Waals surface area contributed by atoms with Crippen molar-refractivity contribution >= 4 is 5.97 Å². The average molecular weight is 367 g/mol. The number of carboxylic acids is 1. The van der Waals surface area contributed by atoms with Crippen molar-refractivity contribution in [2.45, 2.75) is 38.0 Å². The van der Waals surface area contributed by atoms with E-state index in [0.29, 0.717) is 11.7 Å². The van der Waals surface area contributed by atoms with Gasteiger partial charge >= 0.3 is 5.97 Å². The first-order chi connectivity index (χ1) is 13.1. The number of aromatic nitrogens is 1. The van der Waals surface area contributed by atoms with E-state index in [0.717, 1.165) is 35.9 Å². The molecule has 0 saturated heterocycles. The summed E-state index contributed by atoms with van der Waals surface area (Å²) in [6.07, 6.45) is 8.05. The normalized spacial score (nSPS) is 31.1. The number of aromatic carboxylic acids is 1. The van der Waals surface area contributed by atoms with Crippen LogP contribution in [0, 0.1) is 29.5 Å². The van der Waals surface area contributed by atoms with Gasteiger partial charge in [-0.1, -0.05) is 12.1 Å². The maximum Gasteiger partial charge on any atom is 0.337 e. The van der Waals surface area contributed by atoms with Crippen molar-refractivity contribution in [2.75, 3.05) is 0 Å². The van der Waals surface area contributed by atoms with E-state index in [1.807, 2.05) is 12.1 Å². The summed E-state index contributed by atoms with van der Waals surface area (Å²) in [5.41, 5.74) is 1.17. The first kappa shape index (κ1) is 16.7. The number of nitrogens with zero attached hydrogens (tertiary/aromatic N) is 1. The van der Waals surface area contributed by atoms with Gasteiger partial charge in [-0.05, 0) is 85.5 Å². The predicted molar refractivity (Wildman–Crippen MR) is 97.5 cm³/mol. The summed E-state index contributed by atoms with van der Waals surface area (Å²) >= 11 is 0. The minimum atomic E-state index is -1.21. The van der Waals surface area contributed by atoms with Gasteiger partial charge in [0.1, 0.15) is 5.75 Å². The SMILES string of the molecule is O=C(O)c1cnc(Oc2ccc(C3[C@H]4C[C@@H]5C[C@@H](C[C@H]3C5)C4)cc2)c(F)c1. The van der Waals surface area contributed by atoms with Gasteiger partial charge in [0, 0.05) is 6.20 Å². The topological polar surface area (TPSA) is 59.4 Å². The number of carboxylic acid groups (broad SMARTS) is 1. The van der Waals surface area contributed by atoms with Gasteiger partial charge in [-0.25, -0.2) is 14.2 Å². The van der Waals surface area contributed by atoms with Crippen molar-refractivity contribution < 1.29 is 19.0 Å². The molecule has 140 valence electrons. The minimum Gasteiger partial charge on any atom is -0.478 e. The standard InChI is InChI=1S/C22H22FNO3/c23-19-10-17(22(25)26)11-24-21(19)27-18-3-1-14(2-4-18)20-15-6-12-5-13(8-15)9-16(20)7-12/h1-4,10-13,15-16,20H,5-9H2,(H,25,26)/t12-,13+,15-,16+,20?. The first-order valence-corrected chi connectivity index (χ1v) is 9.73. The van der Waals surface area contributed by atoms with E-state index >= 15 is 0 Å². The summed E-state index contributed by atoms with van der Waals surface area (Å²) < 4.78 is 19.5. The van der Waals surface area contributed by atoms with E-state index in [4.69, 9.17) is 9.84 Å². The van der Waals surface area contributed by atoms with Crippen LogP contribution < -0.4 is 4.74 Å². The Kier molecular flexibility index (Phi) is 3.92. The second-order valence-corrected chi connectivity index (χ2v) is 8.44. The molecule has 4 aliphatic carbocycles. The summed E-state index contributed by atoms with van der Waals surface area (Å²) in [5, 5.41) is 8.88. The van der Waals surface area contributed by atoms with E-state index < -0.39 is 11.8 Å². The minimum absolute atomic E-state index is 0.197. The number of pyridine rings is 1. The molecule has 0 amide bonds. The quantitative estimate of drug-likeness (QED) is 0.802. The number of hydrogen-bond acceptors (Lipinski definition) is 3. The smallest absolute Gasteiger partial charge is 0.337 e. The average Bonchev–Trinajstić information content (AvgIpc) is 2.63. The molecule has 27 heavy (non-hydrogen) atoms. The number of benzene rings is 1. The molecule has 5 heteroatoms. The highest BCUT2D eigenvalue weighted by molar-refractivity contribution is 5.87. The highest BCUT2D eigenvalue weighted by Crippen LogP contribution is 2.59. The van der Waals surface area contributed by atoms with E-state index in [9.17, 15) is 9.18 Å². The van der Waals surface area contributed by atoms with Gasteiger partial charge in [-0.3, -0.25) is 0 Å². The molecule has 1 aromatic heterocycles. The Bertz CT molecular complexity index is 852. The molecule has 0 radical (unpaired) electrons. The molecule has 2 aromatic rings. The lowest BCUT2D eigenvalue weighted by Gasteiger charge is -2.54. The van der Waals surface area contributed by atoms with Gasteiger partial charge in [0.15, 0.2) is 5.82 Å². The van der Waals surface area contributed by atoms with Crippen molar-refractivity contribution in [3.05, 3.63) is 53.5 Å². The molecule has 4 bridgehead atoms. The Morgan fingerprint density at radius 1 is 1.04 bits per heavy atom. The van der Waals surface area contributed by atoms with Crippen LogP contribution in [0.5, 0.6) is 11.6 Å². The molecule has 0 unspecified atom stereocenters. The fourth-order valence-electron chi connectivity index (χ4n) is 5.96. The molecule has 4 aliphatic rings. The molecule has 4 saturated carbocycles. The monoisotopic (exact) mass is 367 g/mol. The fraction of sp³-hybridized carbons (Fsp3) is 0.455. The third-order valence-corrected chi connectivity index (χ3v) is 6.76. The van der Waals surface area contributed by atoms with Gasteiger partial charge in [0.2, 0.25) is 0 Å². The molecule has 1 aromatic carbocycles. The van der Waals surface area contributed by atoms with Gasteiger partial charge < -0.3 is 9.84 Å². The first-order valence-electron chi connectivity index (χ1n) is 9.73. The van der Waals surface area contributed by atoms with Crippen LogP contribution in [0.15, 0.2) is 36.5 Å². The molecule has 4 nitrogen and oxygen atoms in total. The summed E-state index contributed by atoms with van der Waals surface area (Å²) in [4.78, 5) is 14.7. The molecule has 4 fully saturated rings. The van der Waals surface area contributed by atoms with E-state index in [-0.39, 0.29) is 11.4 Å². The van der Waals surface area contributed by atoms with Crippen molar-refractivity contribution in [1.29, 1.82) is 0 Å². The molecule has 1 heterocycles. The summed E-state index contributed by atoms with van der Waals surface area (Å²) in [5.74, 6) is 2.50. The largest absolute Gasteiger partial charge is 0.478 e. The highest BCUT2D eigenvalue weighted by atomic mass is 19.1. The van der Waals surface area contributed by atoms with Crippen molar-refractivity contribution in [2.24, 2.45) is 23.7 Å². The number of rotatable bonds is 4. The zero-order valence-corrected chi connectivity index (χ0v) is 15.0. The highest BCUT2D eigenvalue weighted by Gasteiger charge is 2.48. The van der Waals surface area contributed by atoms with Gasteiger partial charge in [0.05, 0.1) is 5.56 Å². The number of carbonyl (C=O) groups is 1. The third kappa shape index (κ3) is 2.99. The van der Waals surface area contributed by atoms with Gasteiger partial charge in [0.25, 0.3) is 5.88 Å². The van der Waals surface area contributed by atoms with Crippen LogP contribution in [-0.2, 0) is 0 Å². The van der Waals surface area contributed by atoms with Crippen LogP contribution in [0.2, 0.25) is 0 Å². The number of halogens is 1. The molecule has 0 aliphatic heterocycles. The summed E-state index contributed by atoms with van der Waals surface area (Å²) in [6.45, 7) is 0. The van der Waals surface area contributed by atoms with E-state index in [2.05, 4.69) is 17.1 Å². The Labute approximate surface area is 157 Å². The lowest BCUT2D eigenvalue weighted by Crippen LogP contribution is -2.43. The Hall–Kier alpha value is -2.43. The van der Waals surface area contributed by atoms with Crippen molar-refractivity contribution in [3.63, 3.8) is 0 Å². The summed E-state index contributed by atoms with van der Waals surface area (Å²) in [7, 11) is 0. The van der Waals surface area contributed by atoms with Crippen LogP contribution in [0.4, 0.5) is 4.39 Å². The lowest BCUT2D eigenvalue weighted by molar-refractivity contribution is -0.00279. The molecular formula is C22H22FNO3. The van der Waals surface area contributed by atoms with Gasteiger partial charge in [-0.2, -0.15) is 0 Å². The van der Waals surface area contributed by atoms with Crippen molar-refractivity contribution in [3.8, 4) is 11.6 Å². The maximum absolute atomic E-state index is 14.0. The van der Waals surface area contributed by atoms with Crippen LogP contribution >= 0.6 is 0 Å². The van der Waals surface area contributed by atoms with Gasteiger partial charge in [-0.15, -0.1) is 0 Å². The van der Waals surface area contributed by atoms with Crippen LogP contribution in [0.1, 0.15) is 53.9 Å². The Balaban J connectivity index is 1.33. The third-order valence-electron chi connectivity index (χ3n) is 6.76. The lowest BCUT2D eigenvalue weighted by atomic mass is 9.51. The molecular weight excluding hydrogens is 345 g/mol. The van der Waals surface area contributed by atoms with E-state index in [1.54, 1.807) is 0 Å². The molecule has 6 rings (SSSR count). The second kappa shape index (κ2) is 6.32. The zero-order valence-electron chi connectivity index (χ0n) is 15.0. The number of ether oxygens (including phenoxy) is 1. The van der Waals surface area contributed by atoms with Crippen LogP contribution in [0.25, 0.3) is 0 Å². The number of hydrogen-bond donors (Lipinski definition) is 1.